The van der Waals surface area contributed by atoms with Gasteiger partial charge < -0.3 is 10.6 Å². The fourth-order valence-corrected chi connectivity index (χ4v) is 2.08. The van der Waals surface area contributed by atoms with Gasteiger partial charge >= 0.3 is 0 Å². The summed E-state index contributed by atoms with van der Waals surface area (Å²) in [6.45, 7) is 5.47. The molecule has 2 atom stereocenters. The van der Waals surface area contributed by atoms with E-state index in [2.05, 4.69) is 45.3 Å². The maximum atomic E-state index is 12.0. The third-order valence-corrected chi connectivity index (χ3v) is 3.35. The van der Waals surface area contributed by atoms with Crippen molar-refractivity contribution in [2.24, 2.45) is 5.92 Å². The molecule has 1 aliphatic rings. The third-order valence-electron chi connectivity index (χ3n) is 3.35. The van der Waals surface area contributed by atoms with Gasteiger partial charge in [-0.25, -0.2) is 10.4 Å². The minimum Gasteiger partial charge on any atom is -0.367 e. The van der Waals surface area contributed by atoms with Crippen LogP contribution in [0, 0.1) is 5.92 Å². The van der Waals surface area contributed by atoms with E-state index in [-0.39, 0.29) is 11.9 Å². The first-order chi connectivity index (χ1) is 9.66. The Morgan fingerprint density at radius 2 is 2.25 bits per heavy atom. The van der Waals surface area contributed by atoms with Gasteiger partial charge in [-0.15, -0.1) is 0 Å². The highest BCUT2D eigenvalue weighted by molar-refractivity contribution is 5.82. The van der Waals surface area contributed by atoms with Crippen molar-refractivity contribution in [2.45, 2.75) is 32.4 Å². The van der Waals surface area contributed by atoms with Gasteiger partial charge in [0.2, 0.25) is 5.91 Å². The number of rotatable bonds is 6. The highest BCUT2D eigenvalue weighted by Gasteiger charge is 2.30. The van der Waals surface area contributed by atoms with Crippen LogP contribution in [0.4, 0.5) is 5.82 Å². The smallest absolute Gasteiger partial charge is 0.238 e. The van der Waals surface area contributed by atoms with Crippen LogP contribution < -0.4 is 21.5 Å². The summed E-state index contributed by atoms with van der Waals surface area (Å²) in [5.74, 6) is 1.25. The molecule has 20 heavy (non-hydrogen) atoms. The van der Waals surface area contributed by atoms with Gasteiger partial charge in [0, 0.05) is 31.5 Å². The molecule has 1 amide bonds. The van der Waals surface area contributed by atoms with E-state index in [9.17, 15) is 4.79 Å². The van der Waals surface area contributed by atoms with Crippen molar-refractivity contribution >= 4 is 11.7 Å². The Kier molecular flexibility index (Phi) is 5.25. The number of hydrazine groups is 1. The van der Waals surface area contributed by atoms with Crippen LogP contribution in [-0.4, -0.2) is 41.0 Å². The van der Waals surface area contributed by atoms with Gasteiger partial charge in [-0.1, -0.05) is 13.8 Å². The first kappa shape index (κ1) is 14.7. The first-order valence-electron chi connectivity index (χ1n) is 6.95. The Hall–Kier alpha value is -1.73. The van der Waals surface area contributed by atoms with Crippen LogP contribution in [0.5, 0.6) is 0 Å². The van der Waals surface area contributed by atoms with Crippen LogP contribution in [0.3, 0.4) is 0 Å². The lowest BCUT2D eigenvalue weighted by Gasteiger charge is -2.13. The molecule has 1 fully saturated rings. The van der Waals surface area contributed by atoms with E-state index in [0.29, 0.717) is 30.9 Å². The summed E-state index contributed by atoms with van der Waals surface area (Å²) in [5.41, 5.74) is 6.20. The Labute approximate surface area is 118 Å². The van der Waals surface area contributed by atoms with Crippen LogP contribution in [-0.2, 0) is 4.79 Å². The van der Waals surface area contributed by atoms with Gasteiger partial charge in [-0.2, -0.15) is 0 Å². The summed E-state index contributed by atoms with van der Waals surface area (Å²) in [6, 6.07) is 0.197. The molecule has 2 rings (SSSR count). The van der Waals surface area contributed by atoms with Crippen LogP contribution in [0.15, 0.2) is 18.6 Å². The molecule has 2 heterocycles. The van der Waals surface area contributed by atoms with E-state index >= 15 is 0 Å². The molecular formula is C13H22N6O. The second kappa shape index (κ2) is 7.16. The first-order valence-corrected chi connectivity index (χ1v) is 6.95. The van der Waals surface area contributed by atoms with Crippen LogP contribution in [0.1, 0.15) is 20.3 Å². The van der Waals surface area contributed by atoms with Crippen molar-refractivity contribution in [3.05, 3.63) is 18.6 Å². The SMILES string of the molecule is CC(C)C1CC(C(=O)NCCNc2cnccn2)NN1. The van der Waals surface area contributed by atoms with Crippen LogP contribution in [0.25, 0.3) is 0 Å². The quantitative estimate of drug-likeness (QED) is 0.543. The number of carbonyl (C=O) groups is 1. The summed E-state index contributed by atoms with van der Waals surface area (Å²) < 4.78 is 0. The third kappa shape index (κ3) is 4.14. The zero-order valence-corrected chi connectivity index (χ0v) is 11.9. The van der Waals surface area contributed by atoms with E-state index in [1.165, 1.54) is 0 Å². The fourth-order valence-electron chi connectivity index (χ4n) is 2.08. The molecule has 1 saturated heterocycles. The number of hydrogen-bond acceptors (Lipinski definition) is 6. The molecule has 0 bridgehead atoms. The number of amides is 1. The largest absolute Gasteiger partial charge is 0.367 e. The molecule has 2 unspecified atom stereocenters. The summed E-state index contributed by atoms with van der Waals surface area (Å²) in [7, 11) is 0. The molecule has 1 aromatic rings. The zero-order valence-electron chi connectivity index (χ0n) is 11.9. The van der Waals surface area contributed by atoms with E-state index in [1.807, 2.05) is 0 Å². The van der Waals surface area contributed by atoms with Crippen LogP contribution >= 0.6 is 0 Å². The Bertz CT molecular complexity index is 424. The topological polar surface area (TPSA) is 91.0 Å². The Morgan fingerprint density at radius 3 is 2.90 bits per heavy atom. The van der Waals surface area contributed by atoms with Crippen molar-refractivity contribution in [1.29, 1.82) is 0 Å². The number of hydrogen-bond donors (Lipinski definition) is 4. The van der Waals surface area contributed by atoms with Gasteiger partial charge in [0.15, 0.2) is 0 Å². The summed E-state index contributed by atoms with van der Waals surface area (Å²) in [4.78, 5) is 20.0. The van der Waals surface area contributed by atoms with E-state index < -0.39 is 0 Å². The molecule has 1 aliphatic heterocycles. The number of aromatic nitrogens is 2. The molecule has 7 nitrogen and oxygen atoms in total. The lowest BCUT2D eigenvalue weighted by molar-refractivity contribution is -0.122. The molecule has 110 valence electrons. The summed E-state index contributed by atoms with van der Waals surface area (Å²) in [5, 5.41) is 6.00. The molecule has 0 radical (unpaired) electrons. The van der Waals surface area contributed by atoms with E-state index in [0.717, 1.165) is 6.42 Å². The number of anilines is 1. The number of nitrogens with one attached hydrogen (secondary N) is 4. The summed E-state index contributed by atoms with van der Waals surface area (Å²) in [6.07, 6.45) is 5.72. The van der Waals surface area contributed by atoms with Crippen molar-refractivity contribution < 1.29 is 4.79 Å². The Morgan fingerprint density at radius 1 is 1.40 bits per heavy atom. The molecule has 4 N–H and O–H groups in total. The van der Waals surface area contributed by atoms with Crippen LogP contribution in [0.2, 0.25) is 0 Å². The predicted octanol–water partition coefficient (Wildman–Crippen LogP) is -0.104. The average molecular weight is 278 g/mol. The van der Waals surface area contributed by atoms with Gasteiger partial charge in [0.05, 0.1) is 6.20 Å². The van der Waals surface area contributed by atoms with Crippen molar-refractivity contribution in [3.63, 3.8) is 0 Å². The maximum absolute atomic E-state index is 12.0. The van der Waals surface area contributed by atoms with Gasteiger partial charge in [-0.3, -0.25) is 15.2 Å². The van der Waals surface area contributed by atoms with Gasteiger partial charge in [0.1, 0.15) is 11.9 Å². The monoisotopic (exact) mass is 278 g/mol. The summed E-state index contributed by atoms with van der Waals surface area (Å²) >= 11 is 0. The normalized spacial score (nSPS) is 21.9. The number of nitrogens with zero attached hydrogens (tertiary/aromatic N) is 2. The zero-order chi connectivity index (χ0) is 14.4. The van der Waals surface area contributed by atoms with Crippen molar-refractivity contribution in [2.75, 3.05) is 18.4 Å². The highest BCUT2D eigenvalue weighted by atomic mass is 16.2. The minimum atomic E-state index is -0.154. The van der Waals surface area contributed by atoms with E-state index in [1.54, 1.807) is 18.6 Å². The predicted molar refractivity (Wildman–Crippen MR) is 76.8 cm³/mol. The molecule has 1 aromatic heterocycles. The molecule has 0 saturated carbocycles. The molecule has 0 aliphatic carbocycles. The molecular weight excluding hydrogens is 256 g/mol. The number of carbonyl (C=O) groups excluding carboxylic acids is 1. The van der Waals surface area contributed by atoms with Crippen molar-refractivity contribution in [1.82, 2.24) is 26.1 Å². The van der Waals surface area contributed by atoms with Gasteiger partial charge in [0.25, 0.3) is 0 Å². The minimum absolute atomic E-state index is 0.0293. The van der Waals surface area contributed by atoms with Gasteiger partial charge in [-0.05, 0) is 12.3 Å². The molecule has 7 heteroatoms. The second-order valence-electron chi connectivity index (χ2n) is 5.24. The lowest BCUT2D eigenvalue weighted by Crippen LogP contribution is -2.44. The standard InChI is InChI=1S/C13H22N6O/c1-9(2)10-7-11(19-18-10)13(20)17-6-5-16-12-8-14-3-4-15-12/h3-4,8-11,18-19H,5-7H2,1-2H3,(H,15,16)(H,17,20). The molecule has 0 spiro atoms. The maximum Gasteiger partial charge on any atom is 0.238 e. The van der Waals surface area contributed by atoms with E-state index in [4.69, 9.17) is 0 Å². The average Bonchev–Trinajstić information content (AvgIpc) is 2.94. The highest BCUT2D eigenvalue weighted by Crippen LogP contribution is 2.12. The van der Waals surface area contributed by atoms with Crippen molar-refractivity contribution in [3.8, 4) is 0 Å². The fraction of sp³-hybridized carbons (Fsp3) is 0.615. The Balaban J connectivity index is 1.64. The second-order valence-corrected chi connectivity index (χ2v) is 5.24. The molecule has 0 aromatic carbocycles. The lowest BCUT2D eigenvalue weighted by atomic mass is 9.99.